The number of aromatic nitrogens is 1. The lowest BCUT2D eigenvalue weighted by Crippen LogP contribution is -2.38. The summed E-state index contributed by atoms with van der Waals surface area (Å²) in [7, 11) is 0. The van der Waals surface area contributed by atoms with Crippen LogP contribution >= 0.6 is 11.6 Å². The molecule has 7 heteroatoms. The number of benzene rings is 1. The summed E-state index contributed by atoms with van der Waals surface area (Å²) >= 11 is 5.95. The molecule has 0 atom stereocenters. The van der Waals surface area contributed by atoms with Gasteiger partial charge in [-0.25, -0.2) is 9.37 Å². The summed E-state index contributed by atoms with van der Waals surface area (Å²) in [4.78, 5) is 18.9. The molecule has 1 N–H and O–H groups in total. The number of nitrogens with one attached hydrogen (secondary N) is 1. The van der Waals surface area contributed by atoms with Crippen LogP contribution in [0.4, 0.5) is 15.9 Å². The van der Waals surface area contributed by atoms with Crippen molar-refractivity contribution in [3.05, 3.63) is 52.9 Å². The third-order valence-corrected chi connectivity index (χ3v) is 3.83. The molecule has 2 aromatic rings. The third kappa shape index (κ3) is 3.60. The lowest BCUT2D eigenvalue weighted by Gasteiger charge is -2.29. The summed E-state index contributed by atoms with van der Waals surface area (Å²) in [5.41, 5.74) is 0.796. The van der Waals surface area contributed by atoms with Gasteiger partial charge in [0.05, 0.1) is 29.5 Å². The molecule has 1 aromatic carbocycles. The van der Waals surface area contributed by atoms with E-state index in [4.69, 9.17) is 16.3 Å². The van der Waals surface area contributed by atoms with Gasteiger partial charge in [-0.1, -0.05) is 11.6 Å². The summed E-state index contributed by atoms with van der Waals surface area (Å²) in [5, 5.41) is 2.85. The lowest BCUT2D eigenvalue weighted by molar-refractivity contribution is 0.102. The molecule has 0 aliphatic carbocycles. The molecule has 5 nitrogen and oxygen atoms in total. The number of amides is 1. The van der Waals surface area contributed by atoms with Crippen LogP contribution in [0.15, 0.2) is 36.5 Å². The largest absolute Gasteiger partial charge is 0.378 e. The van der Waals surface area contributed by atoms with E-state index in [-0.39, 0.29) is 10.9 Å². The molecule has 1 aromatic heterocycles. The van der Waals surface area contributed by atoms with Gasteiger partial charge in [0.2, 0.25) is 0 Å². The fourth-order valence-electron chi connectivity index (χ4n) is 2.38. The molecule has 0 spiro atoms. The number of pyridine rings is 1. The Labute approximate surface area is 138 Å². The van der Waals surface area contributed by atoms with E-state index < -0.39 is 5.82 Å². The number of nitrogens with zero attached hydrogens (tertiary/aromatic N) is 2. The van der Waals surface area contributed by atoms with Crippen molar-refractivity contribution in [3.8, 4) is 0 Å². The topological polar surface area (TPSA) is 54.5 Å². The molecule has 0 saturated carbocycles. The van der Waals surface area contributed by atoms with Crippen molar-refractivity contribution in [2.45, 2.75) is 0 Å². The zero-order valence-electron chi connectivity index (χ0n) is 12.3. The fourth-order valence-corrected chi connectivity index (χ4v) is 2.60. The number of rotatable bonds is 3. The smallest absolute Gasteiger partial charge is 0.259 e. The average Bonchev–Trinajstić information content (AvgIpc) is 2.58. The fraction of sp³-hybridized carbons (Fsp3) is 0.250. The summed E-state index contributed by atoms with van der Waals surface area (Å²) in [5.74, 6) is -0.192. The zero-order valence-corrected chi connectivity index (χ0v) is 13.0. The molecule has 1 fully saturated rings. The Morgan fingerprint density at radius 2 is 2.09 bits per heavy atom. The molecule has 0 bridgehead atoms. The highest BCUT2D eigenvalue weighted by Crippen LogP contribution is 2.25. The number of halogens is 2. The van der Waals surface area contributed by atoms with E-state index in [1.54, 1.807) is 18.3 Å². The van der Waals surface area contributed by atoms with Crippen LogP contribution in [0.2, 0.25) is 5.02 Å². The maximum atomic E-state index is 13.1. The van der Waals surface area contributed by atoms with Crippen molar-refractivity contribution in [1.82, 2.24) is 4.98 Å². The molecule has 0 radical (unpaired) electrons. The normalized spacial score (nSPS) is 14.6. The first-order valence-electron chi connectivity index (χ1n) is 7.19. The highest BCUT2D eigenvalue weighted by Gasteiger charge is 2.20. The third-order valence-electron chi connectivity index (χ3n) is 3.52. The number of morpholine rings is 1. The van der Waals surface area contributed by atoms with Crippen LogP contribution < -0.4 is 10.2 Å². The molecular formula is C16H15ClFN3O2. The van der Waals surface area contributed by atoms with E-state index in [2.05, 4.69) is 10.3 Å². The van der Waals surface area contributed by atoms with Crippen molar-refractivity contribution in [1.29, 1.82) is 0 Å². The van der Waals surface area contributed by atoms with Crippen molar-refractivity contribution >= 4 is 29.0 Å². The second-order valence-corrected chi connectivity index (χ2v) is 5.46. The summed E-state index contributed by atoms with van der Waals surface area (Å²) in [6, 6.07) is 7.23. The van der Waals surface area contributed by atoms with Crippen LogP contribution in [0.1, 0.15) is 10.4 Å². The lowest BCUT2D eigenvalue weighted by atomic mass is 10.2. The Hall–Kier alpha value is -2.18. The van der Waals surface area contributed by atoms with Gasteiger partial charge in [0.1, 0.15) is 11.6 Å². The standard InChI is InChI=1S/C16H15ClFN3O2/c17-13-10-11(18)3-4-14(13)20-16(22)12-2-1-5-19-15(12)21-6-8-23-9-7-21/h1-5,10H,6-9H2,(H,20,22). The minimum atomic E-state index is -0.455. The first kappa shape index (κ1) is 15.7. The minimum Gasteiger partial charge on any atom is -0.378 e. The van der Waals surface area contributed by atoms with Gasteiger partial charge in [0.25, 0.3) is 5.91 Å². The van der Waals surface area contributed by atoms with Gasteiger partial charge < -0.3 is 15.0 Å². The first-order valence-corrected chi connectivity index (χ1v) is 7.57. The maximum Gasteiger partial charge on any atom is 0.259 e. The zero-order chi connectivity index (χ0) is 16.2. The molecule has 3 rings (SSSR count). The molecule has 120 valence electrons. The van der Waals surface area contributed by atoms with E-state index in [0.717, 1.165) is 6.07 Å². The number of carbonyl (C=O) groups is 1. The molecule has 23 heavy (non-hydrogen) atoms. The van der Waals surface area contributed by atoms with Crippen LogP contribution in [0.5, 0.6) is 0 Å². The molecule has 1 amide bonds. The molecule has 1 aliphatic heterocycles. The van der Waals surface area contributed by atoms with Crippen LogP contribution in [-0.4, -0.2) is 37.2 Å². The van der Waals surface area contributed by atoms with Crippen LogP contribution in [0.25, 0.3) is 0 Å². The Bertz CT molecular complexity index is 720. The van der Waals surface area contributed by atoms with Gasteiger partial charge in [0.15, 0.2) is 0 Å². The Kier molecular flexibility index (Phi) is 4.73. The quantitative estimate of drug-likeness (QED) is 0.937. The SMILES string of the molecule is O=C(Nc1ccc(F)cc1Cl)c1cccnc1N1CCOCC1. The van der Waals surface area contributed by atoms with Crippen LogP contribution in [0, 0.1) is 5.82 Å². The van der Waals surface area contributed by atoms with Crippen molar-refractivity contribution in [3.63, 3.8) is 0 Å². The predicted octanol–water partition coefficient (Wildman–Crippen LogP) is 2.96. The van der Waals surface area contributed by atoms with Crippen molar-refractivity contribution < 1.29 is 13.9 Å². The molecule has 1 saturated heterocycles. The minimum absolute atomic E-state index is 0.148. The van der Waals surface area contributed by atoms with E-state index in [1.807, 2.05) is 4.90 Å². The monoisotopic (exact) mass is 335 g/mol. The molecule has 0 unspecified atom stereocenters. The number of carbonyl (C=O) groups excluding carboxylic acids is 1. The van der Waals surface area contributed by atoms with Gasteiger partial charge in [0, 0.05) is 19.3 Å². The number of hydrogen-bond donors (Lipinski definition) is 1. The molecule has 1 aliphatic rings. The Morgan fingerprint density at radius 1 is 1.30 bits per heavy atom. The van der Waals surface area contributed by atoms with Gasteiger partial charge in [-0.2, -0.15) is 0 Å². The van der Waals surface area contributed by atoms with Gasteiger partial charge in [-0.3, -0.25) is 4.79 Å². The Morgan fingerprint density at radius 3 is 2.83 bits per heavy atom. The van der Waals surface area contributed by atoms with E-state index in [9.17, 15) is 9.18 Å². The maximum absolute atomic E-state index is 13.1. The summed E-state index contributed by atoms with van der Waals surface area (Å²) in [6.45, 7) is 2.55. The summed E-state index contributed by atoms with van der Waals surface area (Å²) in [6.07, 6.45) is 1.65. The predicted molar refractivity (Wildman–Crippen MR) is 86.6 cm³/mol. The van der Waals surface area contributed by atoms with E-state index >= 15 is 0 Å². The second-order valence-electron chi connectivity index (χ2n) is 5.05. The first-order chi connectivity index (χ1) is 11.1. The Balaban J connectivity index is 1.84. The second kappa shape index (κ2) is 6.93. The van der Waals surface area contributed by atoms with Crippen LogP contribution in [0.3, 0.4) is 0 Å². The molecule has 2 heterocycles. The summed E-state index contributed by atoms with van der Waals surface area (Å²) < 4.78 is 18.4. The van der Waals surface area contributed by atoms with Crippen LogP contribution in [-0.2, 0) is 4.74 Å². The van der Waals surface area contributed by atoms with Gasteiger partial charge in [-0.15, -0.1) is 0 Å². The highest BCUT2D eigenvalue weighted by molar-refractivity contribution is 6.34. The van der Waals surface area contributed by atoms with E-state index in [1.165, 1.54) is 12.1 Å². The number of anilines is 2. The van der Waals surface area contributed by atoms with Gasteiger partial charge in [-0.05, 0) is 30.3 Å². The average molecular weight is 336 g/mol. The number of ether oxygens (including phenoxy) is 1. The highest BCUT2D eigenvalue weighted by atomic mass is 35.5. The number of hydrogen-bond acceptors (Lipinski definition) is 4. The van der Waals surface area contributed by atoms with E-state index in [0.29, 0.717) is 43.4 Å². The van der Waals surface area contributed by atoms with Crippen molar-refractivity contribution in [2.24, 2.45) is 0 Å². The van der Waals surface area contributed by atoms with Crippen molar-refractivity contribution in [2.75, 3.05) is 36.5 Å². The molecular weight excluding hydrogens is 321 g/mol. The van der Waals surface area contributed by atoms with Gasteiger partial charge >= 0.3 is 0 Å².